The Morgan fingerprint density at radius 1 is 1.13 bits per heavy atom. The Morgan fingerprint density at radius 2 is 1.96 bits per heavy atom. The molecule has 0 aliphatic heterocycles. The van der Waals surface area contributed by atoms with E-state index in [9.17, 15) is 9.59 Å². The molecule has 1 amide bonds. The fourth-order valence-corrected chi connectivity index (χ4v) is 2.42. The quantitative estimate of drug-likeness (QED) is 0.778. The summed E-state index contributed by atoms with van der Waals surface area (Å²) < 4.78 is 0. The van der Waals surface area contributed by atoms with Crippen LogP contribution < -0.4 is 10.9 Å². The highest BCUT2D eigenvalue weighted by Crippen LogP contribution is 2.14. The minimum atomic E-state index is -0.324. The molecule has 5 heteroatoms. The Kier molecular flexibility index (Phi) is 3.89. The van der Waals surface area contributed by atoms with Gasteiger partial charge in [0.05, 0.1) is 17.2 Å². The van der Waals surface area contributed by atoms with Crippen LogP contribution in [0.2, 0.25) is 0 Å². The number of hydrogen-bond acceptors (Lipinski definition) is 3. The van der Waals surface area contributed by atoms with Crippen molar-refractivity contribution in [3.63, 3.8) is 0 Å². The number of benzene rings is 2. The summed E-state index contributed by atoms with van der Waals surface area (Å²) in [5.41, 5.74) is 2.00. The highest BCUT2D eigenvalue weighted by molar-refractivity contribution is 6.05. The zero-order valence-electron chi connectivity index (χ0n) is 12.2. The maximum Gasteiger partial charge on any atom is 0.252 e. The summed E-state index contributed by atoms with van der Waals surface area (Å²) in [5, 5.41) is 12.4. The second-order valence-corrected chi connectivity index (χ2v) is 5.09. The first-order chi connectivity index (χ1) is 11.2. The summed E-state index contributed by atoms with van der Waals surface area (Å²) in [6.07, 6.45) is 0. The van der Waals surface area contributed by atoms with Crippen LogP contribution in [-0.2, 0) is 6.54 Å². The summed E-state index contributed by atoms with van der Waals surface area (Å²) in [6, 6.07) is 17.5. The van der Waals surface area contributed by atoms with Crippen molar-refractivity contribution < 1.29 is 4.79 Å². The van der Waals surface area contributed by atoms with Crippen molar-refractivity contribution in [2.24, 2.45) is 0 Å². The van der Waals surface area contributed by atoms with Crippen molar-refractivity contribution >= 4 is 16.8 Å². The lowest BCUT2D eigenvalue weighted by atomic mass is 10.1. The van der Waals surface area contributed by atoms with Crippen molar-refractivity contribution in [1.29, 1.82) is 5.26 Å². The van der Waals surface area contributed by atoms with Crippen LogP contribution in [-0.4, -0.2) is 10.9 Å². The van der Waals surface area contributed by atoms with Crippen LogP contribution in [0.1, 0.15) is 21.5 Å². The first-order valence-electron chi connectivity index (χ1n) is 7.07. The third-order valence-corrected chi connectivity index (χ3v) is 3.50. The molecule has 3 rings (SSSR count). The zero-order valence-corrected chi connectivity index (χ0v) is 12.2. The Bertz CT molecular complexity index is 983. The highest BCUT2D eigenvalue weighted by Gasteiger charge is 2.11. The number of aromatic amines is 1. The molecule has 0 spiro atoms. The molecule has 1 aromatic heterocycles. The summed E-state index contributed by atoms with van der Waals surface area (Å²) in [4.78, 5) is 26.8. The molecule has 23 heavy (non-hydrogen) atoms. The molecule has 0 bridgehead atoms. The zero-order chi connectivity index (χ0) is 16.2. The van der Waals surface area contributed by atoms with E-state index in [1.54, 1.807) is 36.4 Å². The van der Waals surface area contributed by atoms with Gasteiger partial charge in [0.1, 0.15) is 0 Å². The smallest absolute Gasteiger partial charge is 0.252 e. The van der Waals surface area contributed by atoms with Crippen LogP contribution in [0.3, 0.4) is 0 Å². The number of pyridine rings is 1. The highest BCUT2D eigenvalue weighted by atomic mass is 16.2. The van der Waals surface area contributed by atoms with E-state index < -0.39 is 0 Å². The molecule has 2 aromatic carbocycles. The lowest BCUT2D eigenvalue weighted by Crippen LogP contribution is -2.24. The fourth-order valence-electron chi connectivity index (χ4n) is 2.42. The Balaban J connectivity index is 1.86. The Morgan fingerprint density at radius 3 is 2.78 bits per heavy atom. The molecule has 0 fully saturated rings. The largest absolute Gasteiger partial charge is 0.348 e. The van der Waals surface area contributed by atoms with E-state index in [1.807, 2.05) is 12.1 Å². The minimum Gasteiger partial charge on any atom is -0.348 e. The van der Waals surface area contributed by atoms with E-state index in [0.717, 1.165) is 5.56 Å². The van der Waals surface area contributed by atoms with Gasteiger partial charge in [0.25, 0.3) is 5.91 Å². The van der Waals surface area contributed by atoms with Gasteiger partial charge in [0.15, 0.2) is 0 Å². The molecular weight excluding hydrogens is 290 g/mol. The van der Waals surface area contributed by atoms with Gasteiger partial charge in [-0.3, -0.25) is 9.59 Å². The van der Waals surface area contributed by atoms with Crippen LogP contribution in [0.4, 0.5) is 0 Å². The van der Waals surface area contributed by atoms with Crippen molar-refractivity contribution in [1.82, 2.24) is 10.3 Å². The van der Waals surface area contributed by atoms with Crippen molar-refractivity contribution in [2.75, 3.05) is 0 Å². The van der Waals surface area contributed by atoms with Gasteiger partial charge in [-0.1, -0.05) is 30.3 Å². The van der Waals surface area contributed by atoms with Crippen LogP contribution >= 0.6 is 0 Å². The maximum atomic E-state index is 12.4. The van der Waals surface area contributed by atoms with Gasteiger partial charge in [-0.2, -0.15) is 5.26 Å². The van der Waals surface area contributed by atoms with E-state index in [-0.39, 0.29) is 18.0 Å². The van der Waals surface area contributed by atoms with Gasteiger partial charge in [-0.15, -0.1) is 0 Å². The standard InChI is InChI=1S/C18H13N3O2/c19-10-12-4-3-5-13(8-12)11-20-18(23)15-9-17(22)21-16-7-2-1-6-14(15)16/h1-9H,11H2,(H,20,23)(H,21,22). The van der Waals surface area contributed by atoms with Crippen LogP contribution in [0.5, 0.6) is 0 Å². The molecule has 112 valence electrons. The molecule has 5 nitrogen and oxygen atoms in total. The fraction of sp³-hybridized carbons (Fsp3) is 0.0556. The molecule has 0 aliphatic carbocycles. The van der Waals surface area contributed by atoms with E-state index >= 15 is 0 Å². The minimum absolute atomic E-state index is 0.287. The predicted octanol–water partition coefficient (Wildman–Crippen LogP) is 2.33. The number of hydrogen-bond donors (Lipinski definition) is 2. The first-order valence-corrected chi connectivity index (χ1v) is 7.07. The number of carbonyl (C=O) groups is 1. The number of nitriles is 1. The van der Waals surface area contributed by atoms with Gasteiger partial charge in [0, 0.05) is 23.5 Å². The molecule has 0 saturated carbocycles. The van der Waals surface area contributed by atoms with Gasteiger partial charge in [-0.25, -0.2) is 0 Å². The number of para-hydroxylation sites is 1. The molecule has 3 aromatic rings. The van der Waals surface area contributed by atoms with Crippen LogP contribution in [0.15, 0.2) is 59.4 Å². The Labute approximate surface area is 132 Å². The molecule has 1 heterocycles. The van der Waals surface area contributed by atoms with Crippen molar-refractivity contribution in [3.05, 3.63) is 81.6 Å². The van der Waals surface area contributed by atoms with Gasteiger partial charge < -0.3 is 10.3 Å². The third-order valence-electron chi connectivity index (χ3n) is 3.50. The van der Waals surface area contributed by atoms with Crippen LogP contribution in [0.25, 0.3) is 10.9 Å². The Hall–Kier alpha value is -3.39. The molecule has 0 radical (unpaired) electrons. The molecule has 2 N–H and O–H groups in total. The van der Waals surface area contributed by atoms with Gasteiger partial charge in [0.2, 0.25) is 5.56 Å². The number of H-pyrrole nitrogens is 1. The average Bonchev–Trinajstić information content (AvgIpc) is 2.59. The number of amides is 1. The molecule has 0 saturated heterocycles. The number of aromatic nitrogens is 1. The third kappa shape index (κ3) is 3.11. The SMILES string of the molecule is N#Cc1cccc(CNC(=O)c2cc(=O)[nH]c3ccccc23)c1. The summed E-state index contributed by atoms with van der Waals surface area (Å²) in [7, 11) is 0. The number of nitrogens with zero attached hydrogens (tertiary/aromatic N) is 1. The first kappa shape index (κ1) is 14.5. The molecule has 0 unspecified atom stereocenters. The van der Waals surface area contributed by atoms with Crippen molar-refractivity contribution in [3.8, 4) is 6.07 Å². The van der Waals surface area contributed by atoms with E-state index in [0.29, 0.717) is 22.0 Å². The maximum absolute atomic E-state index is 12.4. The number of rotatable bonds is 3. The molecule has 0 atom stereocenters. The summed E-state index contributed by atoms with van der Waals surface area (Å²) in [5.74, 6) is -0.324. The molecular formula is C18H13N3O2. The molecule has 0 aliphatic rings. The van der Waals surface area contributed by atoms with Gasteiger partial charge >= 0.3 is 0 Å². The normalized spacial score (nSPS) is 10.2. The van der Waals surface area contributed by atoms with E-state index in [1.165, 1.54) is 6.07 Å². The second-order valence-electron chi connectivity index (χ2n) is 5.09. The number of nitrogens with one attached hydrogen (secondary N) is 2. The lowest BCUT2D eigenvalue weighted by molar-refractivity contribution is 0.0952. The van der Waals surface area contributed by atoms with Crippen molar-refractivity contribution in [2.45, 2.75) is 6.54 Å². The predicted molar refractivity (Wildman–Crippen MR) is 86.9 cm³/mol. The van der Waals surface area contributed by atoms with Gasteiger partial charge in [-0.05, 0) is 23.8 Å². The topological polar surface area (TPSA) is 85.8 Å². The van der Waals surface area contributed by atoms with E-state index in [2.05, 4.69) is 16.4 Å². The van der Waals surface area contributed by atoms with Crippen LogP contribution in [0, 0.1) is 11.3 Å². The monoisotopic (exact) mass is 303 g/mol. The number of fused-ring (bicyclic) bond motifs is 1. The average molecular weight is 303 g/mol. The second kappa shape index (κ2) is 6.16. The lowest BCUT2D eigenvalue weighted by Gasteiger charge is -2.08. The summed E-state index contributed by atoms with van der Waals surface area (Å²) in [6.45, 7) is 0.287. The number of carbonyl (C=O) groups excluding carboxylic acids is 1. The summed E-state index contributed by atoms with van der Waals surface area (Å²) >= 11 is 0. The van der Waals surface area contributed by atoms with E-state index in [4.69, 9.17) is 5.26 Å².